The lowest BCUT2D eigenvalue weighted by molar-refractivity contribution is -0.139. The number of benzene rings is 1. The van der Waals surface area contributed by atoms with Gasteiger partial charge in [0.2, 0.25) is 0 Å². The van der Waals surface area contributed by atoms with Crippen LogP contribution in [0.5, 0.6) is 0 Å². The minimum absolute atomic E-state index is 0.158. The van der Waals surface area contributed by atoms with Gasteiger partial charge in [0.25, 0.3) is 0 Å². The highest BCUT2D eigenvalue weighted by atomic mass is 35.5. The molecule has 0 saturated heterocycles. The van der Waals surface area contributed by atoms with E-state index in [9.17, 15) is 4.79 Å². The second kappa shape index (κ2) is 5.41. The van der Waals surface area contributed by atoms with Crippen LogP contribution in [0.2, 0.25) is 5.02 Å². The van der Waals surface area contributed by atoms with Crippen LogP contribution in [0.1, 0.15) is 20.3 Å². The molecular formula is C13H18ClNO2. The molecule has 0 aliphatic heterocycles. The van der Waals surface area contributed by atoms with Crippen molar-refractivity contribution in [2.45, 2.75) is 20.3 Å². The summed E-state index contributed by atoms with van der Waals surface area (Å²) in [5.74, 6) is -0.764. The van der Waals surface area contributed by atoms with Crippen LogP contribution < -0.4 is 4.90 Å². The Kier molecular flexibility index (Phi) is 4.40. The molecule has 0 aliphatic rings. The first kappa shape index (κ1) is 13.8. The van der Waals surface area contributed by atoms with Crippen LogP contribution in [0.3, 0.4) is 0 Å². The van der Waals surface area contributed by atoms with Crippen molar-refractivity contribution in [3.05, 3.63) is 29.3 Å². The molecule has 0 bridgehead atoms. The van der Waals surface area contributed by atoms with Crippen molar-refractivity contribution in [1.82, 2.24) is 0 Å². The fourth-order valence-corrected chi connectivity index (χ4v) is 2.02. The summed E-state index contributed by atoms with van der Waals surface area (Å²) in [6, 6.07) is 7.52. The normalized spacial score (nSPS) is 11.3. The molecule has 1 aromatic rings. The number of nitrogens with zero attached hydrogens (tertiary/aromatic N) is 1. The summed E-state index contributed by atoms with van der Waals surface area (Å²) in [5.41, 5.74) is 0.771. The highest BCUT2D eigenvalue weighted by Gasteiger charge is 2.23. The fraction of sp³-hybridized carbons (Fsp3) is 0.462. The second-order valence-electron chi connectivity index (χ2n) is 5.07. The predicted octanol–water partition coefficient (Wildman–Crippen LogP) is 3.28. The zero-order valence-electron chi connectivity index (χ0n) is 10.4. The minimum atomic E-state index is -0.764. The molecule has 4 heteroatoms. The Balaban J connectivity index is 2.68. The van der Waals surface area contributed by atoms with Crippen LogP contribution in [0.25, 0.3) is 0 Å². The Labute approximate surface area is 107 Å². The predicted molar refractivity (Wildman–Crippen MR) is 70.8 cm³/mol. The Morgan fingerprint density at radius 1 is 1.35 bits per heavy atom. The van der Waals surface area contributed by atoms with Crippen LogP contribution in [-0.2, 0) is 4.79 Å². The van der Waals surface area contributed by atoms with Gasteiger partial charge in [-0.15, -0.1) is 0 Å². The van der Waals surface area contributed by atoms with Crippen molar-refractivity contribution in [2.75, 3.05) is 18.5 Å². The molecule has 3 nitrogen and oxygen atoms in total. The lowest BCUT2D eigenvalue weighted by Gasteiger charge is -2.30. The molecule has 94 valence electrons. The van der Waals surface area contributed by atoms with Gasteiger partial charge in [-0.25, -0.2) is 0 Å². The molecule has 0 heterocycles. The molecule has 0 saturated carbocycles. The molecule has 0 unspecified atom stereocenters. The van der Waals surface area contributed by atoms with E-state index in [4.69, 9.17) is 16.7 Å². The van der Waals surface area contributed by atoms with Crippen molar-refractivity contribution in [3.63, 3.8) is 0 Å². The number of carboxylic acid groups (broad SMARTS) is 1. The van der Waals surface area contributed by atoms with Gasteiger partial charge in [0.05, 0.1) is 6.42 Å². The highest BCUT2D eigenvalue weighted by Crippen LogP contribution is 2.25. The third kappa shape index (κ3) is 4.65. The lowest BCUT2D eigenvalue weighted by atomic mass is 9.89. The van der Waals surface area contributed by atoms with E-state index in [1.165, 1.54) is 0 Å². The van der Waals surface area contributed by atoms with Gasteiger partial charge < -0.3 is 10.0 Å². The number of carbonyl (C=O) groups is 1. The summed E-state index contributed by atoms with van der Waals surface area (Å²) < 4.78 is 0. The van der Waals surface area contributed by atoms with Crippen LogP contribution in [0.15, 0.2) is 24.3 Å². The number of halogens is 1. The quantitative estimate of drug-likeness (QED) is 0.878. The zero-order valence-corrected chi connectivity index (χ0v) is 11.2. The first-order valence-corrected chi connectivity index (χ1v) is 5.86. The SMILES string of the molecule is CN(CC(C)(C)CC(=O)O)c1ccc(Cl)cc1. The first-order chi connectivity index (χ1) is 7.80. The fourth-order valence-electron chi connectivity index (χ4n) is 1.89. The van der Waals surface area contributed by atoms with Gasteiger partial charge in [-0.1, -0.05) is 25.4 Å². The Morgan fingerprint density at radius 3 is 2.35 bits per heavy atom. The maximum Gasteiger partial charge on any atom is 0.303 e. The highest BCUT2D eigenvalue weighted by molar-refractivity contribution is 6.30. The largest absolute Gasteiger partial charge is 0.481 e. The molecule has 1 rings (SSSR count). The van der Waals surface area contributed by atoms with Gasteiger partial charge in [-0.2, -0.15) is 0 Å². The van der Waals surface area contributed by atoms with Crippen molar-refractivity contribution in [1.29, 1.82) is 0 Å². The molecule has 0 atom stereocenters. The number of aliphatic carboxylic acids is 1. The Bertz CT molecular complexity index is 387. The zero-order chi connectivity index (χ0) is 13.1. The second-order valence-corrected chi connectivity index (χ2v) is 5.50. The third-order valence-corrected chi connectivity index (χ3v) is 2.81. The molecule has 0 radical (unpaired) electrons. The van der Waals surface area contributed by atoms with Crippen LogP contribution >= 0.6 is 11.6 Å². The van der Waals surface area contributed by atoms with Gasteiger partial charge in [-0.05, 0) is 29.7 Å². The van der Waals surface area contributed by atoms with E-state index in [0.717, 1.165) is 5.69 Å². The van der Waals surface area contributed by atoms with Crippen molar-refractivity contribution in [2.24, 2.45) is 5.41 Å². The van der Waals surface area contributed by atoms with Gasteiger partial charge in [0, 0.05) is 24.3 Å². The number of anilines is 1. The van der Waals surface area contributed by atoms with E-state index >= 15 is 0 Å². The van der Waals surface area contributed by atoms with E-state index in [-0.39, 0.29) is 11.8 Å². The minimum Gasteiger partial charge on any atom is -0.481 e. The van der Waals surface area contributed by atoms with Crippen LogP contribution in [-0.4, -0.2) is 24.7 Å². The smallest absolute Gasteiger partial charge is 0.303 e. The molecule has 0 spiro atoms. The average Bonchev–Trinajstić information content (AvgIpc) is 2.15. The van der Waals surface area contributed by atoms with Crippen LogP contribution in [0, 0.1) is 5.41 Å². The van der Waals surface area contributed by atoms with Gasteiger partial charge in [0.1, 0.15) is 0 Å². The monoisotopic (exact) mass is 255 g/mol. The van der Waals surface area contributed by atoms with Crippen LogP contribution in [0.4, 0.5) is 5.69 Å². The molecule has 17 heavy (non-hydrogen) atoms. The number of hydrogen-bond donors (Lipinski definition) is 1. The Hall–Kier alpha value is -1.22. The van der Waals surface area contributed by atoms with Gasteiger partial charge >= 0.3 is 5.97 Å². The van der Waals surface area contributed by atoms with Crippen molar-refractivity contribution >= 4 is 23.3 Å². The third-order valence-electron chi connectivity index (χ3n) is 2.56. The molecule has 1 N–H and O–H groups in total. The maximum atomic E-state index is 10.7. The molecule has 0 amide bonds. The summed E-state index contributed by atoms with van der Waals surface area (Å²) in [6.07, 6.45) is 0.158. The average molecular weight is 256 g/mol. The molecule has 0 aromatic heterocycles. The van der Waals surface area contributed by atoms with E-state index in [1.54, 1.807) is 0 Å². The summed E-state index contributed by atoms with van der Waals surface area (Å²) in [5, 5.41) is 9.53. The topological polar surface area (TPSA) is 40.5 Å². The molecule has 0 aliphatic carbocycles. The summed E-state index contributed by atoms with van der Waals surface area (Å²) in [4.78, 5) is 12.8. The van der Waals surface area contributed by atoms with E-state index in [2.05, 4.69) is 0 Å². The summed E-state index contributed by atoms with van der Waals surface area (Å²) in [7, 11) is 1.95. The van der Waals surface area contributed by atoms with Gasteiger partial charge in [-0.3, -0.25) is 4.79 Å². The maximum absolute atomic E-state index is 10.7. The van der Waals surface area contributed by atoms with E-state index in [0.29, 0.717) is 11.6 Å². The number of carboxylic acids is 1. The van der Waals surface area contributed by atoms with Gasteiger partial charge in [0.15, 0.2) is 0 Å². The first-order valence-electron chi connectivity index (χ1n) is 5.49. The summed E-state index contributed by atoms with van der Waals surface area (Å²) in [6.45, 7) is 4.59. The number of hydrogen-bond acceptors (Lipinski definition) is 2. The number of rotatable bonds is 5. The lowest BCUT2D eigenvalue weighted by Crippen LogP contribution is -2.33. The van der Waals surface area contributed by atoms with Crippen molar-refractivity contribution in [3.8, 4) is 0 Å². The van der Waals surface area contributed by atoms with E-state index in [1.807, 2.05) is 50.1 Å². The van der Waals surface area contributed by atoms with E-state index < -0.39 is 5.97 Å². The molecular weight excluding hydrogens is 238 g/mol. The molecule has 1 aromatic carbocycles. The van der Waals surface area contributed by atoms with Crippen molar-refractivity contribution < 1.29 is 9.90 Å². The standard InChI is InChI=1S/C13H18ClNO2/c1-13(2,8-12(16)17)9-15(3)11-6-4-10(14)5-7-11/h4-7H,8-9H2,1-3H3,(H,16,17). The molecule has 0 fully saturated rings. The summed E-state index contributed by atoms with van der Waals surface area (Å²) >= 11 is 5.82. The Morgan fingerprint density at radius 2 is 1.88 bits per heavy atom.